The minimum atomic E-state index is -1.30. The molecule has 2 N–H and O–H groups in total. The molecule has 180 valence electrons. The first-order valence-corrected chi connectivity index (χ1v) is 11.5. The summed E-state index contributed by atoms with van der Waals surface area (Å²) in [4.78, 5) is 38.4. The first-order valence-electron chi connectivity index (χ1n) is 10.7. The number of para-hydroxylation sites is 1. The Morgan fingerprint density at radius 3 is 2.44 bits per heavy atom. The van der Waals surface area contributed by atoms with E-state index in [1.165, 1.54) is 23.7 Å². The van der Waals surface area contributed by atoms with Crippen molar-refractivity contribution < 1.29 is 19.4 Å². The molecule has 10 heteroatoms. The molecule has 34 heavy (non-hydrogen) atoms. The largest absolute Gasteiger partial charge is 0.489 e. The molecule has 0 bridgehead atoms. The Labute approximate surface area is 206 Å². The third kappa shape index (κ3) is 5.46. The number of aldehydes is 1. The number of ether oxygens (including phenoxy) is 1. The van der Waals surface area contributed by atoms with Crippen LogP contribution in [0.1, 0.15) is 19.8 Å². The van der Waals surface area contributed by atoms with Crippen molar-refractivity contribution in [2.45, 2.75) is 32.4 Å². The molecule has 0 aliphatic heterocycles. The van der Waals surface area contributed by atoms with Gasteiger partial charge in [-0.05, 0) is 30.7 Å². The van der Waals surface area contributed by atoms with Crippen LogP contribution in [0.25, 0.3) is 10.8 Å². The minimum Gasteiger partial charge on any atom is -0.489 e. The maximum Gasteiger partial charge on any atom is 0.412 e. The number of hydrogen-bond acceptors (Lipinski definition) is 5. The Hall–Kier alpha value is -3.23. The Kier molecular flexibility index (Phi) is 8.41. The number of hydrogen-bond donors (Lipinski definition) is 2. The lowest BCUT2D eigenvalue weighted by Gasteiger charge is -2.26. The van der Waals surface area contributed by atoms with Crippen LogP contribution in [0, 0.1) is 0 Å². The van der Waals surface area contributed by atoms with Crippen molar-refractivity contribution in [3.63, 3.8) is 0 Å². The van der Waals surface area contributed by atoms with Gasteiger partial charge >= 0.3 is 6.09 Å². The number of anilines is 2. The number of nitrogens with one attached hydrogen (secondary N) is 1. The molecule has 1 unspecified atom stereocenters. The van der Waals surface area contributed by atoms with Crippen molar-refractivity contribution in [1.82, 2.24) is 4.57 Å². The highest BCUT2D eigenvalue weighted by atomic mass is 35.5. The maximum atomic E-state index is 13.6. The molecule has 1 aromatic heterocycles. The number of fused-ring (bicyclic) bond motifs is 1. The van der Waals surface area contributed by atoms with Crippen molar-refractivity contribution in [3.8, 4) is 5.75 Å². The standard InChI is InChI=1S/C24H25Cl2N3O5/c1-3-4-10-34-21-17-11-19(25)20(26)12-18(17)23(31)29(22(21)28(2)24(32)33)13-16(14-30)27-15-8-6-5-7-9-15/h5-9,11-12,14,16,27H,3-4,10,13H2,1-2H3,(H,32,33). The Bertz CT molecular complexity index is 1250. The zero-order valence-corrected chi connectivity index (χ0v) is 20.3. The second kappa shape index (κ2) is 11.3. The minimum absolute atomic E-state index is 0.00111. The van der Waals surface area contributed by atoms with Gasteiger partial charge < -0.3 is 20.0 Å². The summed E-state index contributed by atoms with van der Waals surface area (Å²) in [6.45, 7) is 2.14. The number of amides is 1. The Balaban J connectivity index is 2.25. The molecule has 3 rings (SSSR count). The Morgan fingerprint density at radius 2 is 1.85 bits per heavy atom. The zero-order chi connectivity index (χ0) is 24.8. The van der Waals surface area contributed by atoms with Gasteiger partial charge in [-0.25, -0.2) is 4.79 Å². The fraction of sp³-hybridized carbons (Fsp3) is 0.292. The number of carboxylic acid groups (broad SMARTS) is 1. The summed E-state index contributed by atoms with van der Waals surface area (Å²) in [5, 5.41) is 13.7. The lowest BCUT2D eigenvalue weighted by molar-refractivity contribution is -0.108. The van der Waals surface area contributed by atoms with Crippen LogP contribution in [0.5, 0.6) is 5.75 Å². The smallest absolute Gasteiger partial charge is 0.412 e. The topological polar surface area (TPSA) is 101 Å². The van der Waals surface area contributed by atoms with Crippen LogP contribution in [0.4, 0.5) is 16.3 Å². The molecule has 1 heterocycles. The molecule has 0 aliphatic carbocycles. The molecule has 0 fully saturated rings. The number of aromatic nitrogens is 1. The van der Waals surface area contributed by atoms with Gasteiger partial charge in [0.05, 0.1) is 28.6 Å². The molecule has 0 saturated carbocycles. The summed E-state index contributed by atoms with van der Waals surface area (Å²) in [6, 6.07) is 11.1. The maximum absolute atomic E-state index is 13.6. The monoisotopic (exact) mass is 505 g/mol. The third-order valence-corrected chi connectivity index (χ3v) is 5.98. The normalized spacial score (nSPS) is 11.8. The highest BCUT2D eigenvalue weighted by Crippen LogP contribution is 2.38. The van der Waals surface area contributed by atoms with Crippen molar-refractivity contribution >= 4 is 57.9 Å². The SMILES string of the molecule is CCCCOc1c(N(C)C(=O)O)n(CC(C=O)Nc2ccccc2)c(=O)c2cc(Cl)c(Cl)cc12. The molecule has 0 saturated heterocycles. The van der Waals surface area contributed by atoms with Gasteiger partial charge in [-0.2, -0.15) is 0 Å². The average molecular weight is 506 g/mol. The summed E-state index contributed by atoms with van der Waals surface area (Å²) in [7, 11) is 1.31. The summed E-state index contributed by atoms with van der Waals surface area (Å²) in [5.74, 6) is 0.178. The van der Waals surface area contributed by atoms with Gasteiger partial charge in [0.2, 0.25) is 0 Å². The molecule has 3 aromatic rings. The summed E-state index contributed by atoms with van der Waals surface area (Å²) in [5.41, 5.74) is 0.150. The van der Waals surface area contributed by atoms with Crippen molar-refractivity contribution in [2.75, 3.05) is 23.9 Å². The van der Waals surface area contributed by atoms with E-state index in [1.807, 2.05) is 13.0 Å². The molecule has 2 aromatic carbocycles. The van der Waals surface area contributed by atoms with Crippen LogP contribution in [0.2, 0.25) is 10.0 Å². The fourth-order valence-electron chi connectivity index (χ4n) is 3.52. The zero-order valence-electron chi connectivity index (χ0n) is 18.8. The highest BCUT2D eigenvalue weighted by molar-refractivity contribution is 6.42. The summed E-state index contributed by atoms with van der Waals surface area (Å²) >= 11 is 12.4. The van der Waals surface area contributed by atoms with Crippen LogP contribution < -0.4 is 20.5 Å². The third-order valence-electron chi connectivity index (χ3n) is 5.26. The van der Waals surface area contributed by atoms with E-state index in [-0.39, 0.29) is 33.5 Å². The molecule has 1 atom stereocenters. The van der Waals surface area contributed by atoms with E-state index in [1.54, 1.807) is 24.3 Å². The van der Waals surface area contributed by atoms with Gasteiger partial charge in [-0.3, -0.25) is 14.3 Å². The van der Waals surface area contributed by atoms with Crippen molar-refractivity contribution in [2.24, 2.45) is 0 Å². The average Bonchev–Trinajstić information content (AvgIpc) is 2.82. The highest BCUT2D eigenvalue weighted by Gasteiger charge is 2.26. The van der Waals surface area contributed by atoms with E-state index >= 15 is 0 Å². The Morgan fingerprint density at radius 1 is 1.21 bits per heavy atom. The van der Waals surface area contributed by atoms with E-state index < -0.39 is 17.7 Å². The summed E-state index contributed by atoms with van der Waals surface area (Å²) < 4.78 is 7.23. The van der Waals surface area contributed by atoms with E-state index in [0.717, 1.165) is 11.3 Å². The van der Waals surface area contributed by atoms with Gasteiger partial charge in [-0.15, -0.1) is 0 Å². The van der Waals surface area contributed by atoms with Gasteiger partial charge in [0.1, 0.15) is 12.3 Å². The van der Waals surface area contributed by atoms with Gasteiger partial charge in [-0.1, -0.05) is 54.7 Å². The number of carbonyl (C=O) groups is 2. The van der Waals surface area contributed by atoms with Crippen LogP contribution in [0.15, 0.2) is 47.3 Å². The molecule has 1 amide bonds. The fourth-order valence-corrected chi connectivity index (χ4v) is 3.85. The molecular weight excluding hydrogens is 481 g/mol. The lowest BCUT2D eigenvalue weighted by atomic mass is 10.1. The molecule has 0 radical (unpaired) electrons. The first kappa shape index (κ1) is 25.4. The quantitative estimate of drug-likeness (QED) is 0.287. The van der Waals surface area contributed by atoms with E-state index in [2.05, 4.69) is 5.32 Å². The second-order valence-corrected chi connectivity index (χ2v) is 8.49. The van der Waals surface area contributed by atoms with Crippen LogP contribution in [-0.4, -0.2) is 41.7 Å². The predicted octanol–water partition coefficient (Wildman–Crippen LogP) is 5.28. The van der Waals surface area contributed by atoms with E-state index in [0.29, 0.717) is 30.4 Å². The number of carbonyl (C=O) groups excluding carboxylic acids is 1. The number of halogens is 2. The van der Waals surface area contributed by atoms with Gasteiger partial charge in [0.25, 0.3) is 5.56 Å². The van der Waals surface area contributed by atoms with Crippen molar-refractivity contribution in [1.29, 1.82) is 0 Å². The number of unbranched alkanes of at least 4 members (excludes halogenated alkanes) is 1. The molecule has 0 spiro atoms. The van der Waals surface area contributed by atoms with Crippen molar-refractivity contribution in [3.05, 3.63) is 62.9 Å². The summed E-state index contributed by atoms with van der Waals surface area (Å²) in [6.07, 6.45) is 0.930. The molecule has 8 nitrogen and oxygen atoms in total. The number of benzene rings is 2. The van der Waals surface area contributed by atoms with Crippen LogP contribution >= 0.6 is 23.2 Å². The molecule has 0 aliphatic rings. The predicted molar refractivity (Wildman–Crippen MR) is 135 cm³/mol. The first-order chi connectivity index (χ1) is 16.3. The molecular formula is C24H25Cl2N3O5. The van der Waals surface area contributed by atoms with Gasteiger partial charge in [0, 0.05) is 18.1 Å². The number of nitrogens with zero attached hydrogens (tertiary/aromatic N) is 2. The van der Waals surface area contributed by atoms with Gasteiger partial charge in [0.15, 0.2) is 11.6 Å². The van der Waals surface area contributed by atoms with Crippen LogP contribution in [-0.2, 0) is 11.3 Å². The number of rotatable bonds is 10. The number of pyridine rings is 1. The van der Waals surface area contributed by atoms with Crippen LogP contribution in [0.3, 0.4) is 0 Å². The van der Waals surface area contributed by atoms with E-state index in [9.17, 15) is 19.5 Å². The second-order valence-electron chi connectivity index (χ2n) is 7.68. The lowest BCUT2D eigenvalue weighted by Crippen LogP contribution is -2.38. The van der Waals surface area contributed by atoms with E-state index in [4.69, 9.17) is 27.9 Å².